The van der Waals surface area contributed by atoms with E-state index in [-0.39, 0.29) is 35.9 Å². The van der Waals surface area contributed by atoms with Crippen LogP contribution in [0.4, 0.5) is 30.4 Å². The summed E-state index contributed by atoms with van der Waals surface area (Å²) in [6.07, 6.45) is -3.33. The number of hydrogen-bond donors (Lipinski definition) is 0. The van der Waals surface area contributed by atoms with Crippen molar-refractivity contribution in [2.24, 2.45) is 5.18 Å². The molecule has 0 aliphatic carbocycles. The Hall–Kier alpha value is -3.94. The van der Waals surface area contributed by atoms with Crippen LogP contribution < -0.4 is 19.3 Å². The monoisotopic (exact) mass is 563 g/mol. The number of piperazine rings is 1. The third-order valence-corrected chi connectivity index (χ3v) is 6.64. The highest BCUT2D eigenvalue weighted by Gasteiger charge is 2.33. The average molecular weight is 564 g/mol. The molecular weight excluding hydrogens is 531 g/mol. The van der Waals surface area contributed by atoms with Crippen molar-refractivity contribution >= 4 is 23.1 Å². The number of aromatic nitrogens is 2. The summed E-state index contributed by atoms with van der Waals surface area (Å²) in [6, 6.07) is 3.59. The van der Waals surface area contributed by atoms with E-state index in [9.17, 15) is 22.9 Å². The summed E-state index contributed by atoms with van der Waals surface area (Å²) >= 11 is 0. The molecule has 4 rings (SSSR count). The number of alkyl halides is 3. The third kappa shape index (κ3) is 6.97. The second-order valence-electron chi connectivity index (χ2n) is 9.92. The van der Waals surface area contributed by atoms with Crippen LogP contribution in [0.25, 0.3) is 0 Å². The quantitative estimate of drug-likeness (QED) is 0.335. The highest BCUT2D eigenvalue weighted by atomic mass is 19.4. The van der Waals surface area contributed by atoms with E-state index in [0.29, 0.717) is 57.2 Å². The number of anilines is 2. The molecule has 0 unspecified atom stereocenters. The summed E-state index contributed by atoms with van der Waals surface area (Å²) in [7, 11) is 3.85. The van der Waals surface area contributed by atoms with Gasteiger partial charge in [0.2, 0.25) is 5.91 Å². The van der Waals surface area contributed by atoms with Crippen LogP contribution in [0.15, 0.2) is 36.0 Å². The van der Waals surface area contributed by atoms with Crippen molar-refractivity contribution in [1.29, 1.82) is 0 Å². The van der Waals surface area contributed by atoms with Crippen molar-refractivity contribution < 1.29 is 27.4 Å². The predicted molar refractivity (Wildman–Crippen MR) is 143 cm³/mol. The van der Waals surface area contributed by atoms with Gasteiger partial charge in [0.05, 0.1) is 17.9 Å². The number of halogens is 3. The van der Waals surface area contributed by atoms with E-state index in [1.54, 1.807) is 9.80 Å². The fourth-order valence-electron chi connectivity index (χ4n) is 4.94. The fourth-order valence-corrected chi connectivity index (χ4v) is 4.94. The first-order valence-electron chi connectivity index (χ1n) is 12.8. The van der Waals surface area contributed by atoms with Gasteiger partial charge in [0.1, 0.15) is 23.4 Å². The molecule has 2 aliphatic heterocycles. The van der Waals surface area contributed by atoms with Crippen LogP contribution in [-0.2, 0) is 17.8 Å². The van der Waals surface area contributed by atoms with Crippen molar-refractivity contribution in [2.45, 2.75) is 32.4 Å². The van der Waals surface area contributed by atoms with E-state index < -0.39 is 12.1 Å². The first-order chi connectivity index (χ1) is 19.0. The lowest BCUT2D eigenvalue weighted by Gasteiger charge is -2.38. The van der Waals surface area contributed by atoms with Gasteiger partial charge in [0.25, 0.3) is 0 Å². The van der Waals surface area contributed by atoms with Crippen LogP contribution in [-0.4, -0.2) is 91.5 Å². The van der Waals surface area contributed by atoms with Crippen LogP contribution in [0.5, 0.6) is 11.8 Å². The number of ether oxygens (including phenoxy) is 2. The Kier molecular flexibility index (Phi) is 8.76. The zero-order valence-electron chi connectivity index (χ0n) is 22.6. The lowest BCUT2D eigenvalue weighted by molar-refractivity contribution is -0.274. The van der Waals surface area contributed by atoms with Crippen LogP contribution in [0, 0.1) is 4.91 Å². The van der Waals surface area contributed by atoms with Gasteiger partial charge in [-0.25, -0.2) is 0 Å². The number of hydrogen-bond acceptors (Lipinski definition) is 10. The van der Waals surface area contributed by atoms with E-state index in [2.05, 4.69) is 26.4 Å². The number of amides is 1. The summed E-state index contributed by atoms with van der Waals surface area (Å²) < 4.78 is 48.7. The molecule has 216 valence electrons. The maximum absolute atomic E-state index is 12.8. The largest absolute Gasteiger partial charge is 0.573 e. The summed E-state index contributed by atoms with van der Waals surface area (Å²) in [4.78, 5) is 40.5. The molecule has 1 saturated heterocycles. The molecule has 0 saturated carbocycles. The molecule has 0 bridgehead atoms. The zero-order chi connectivity index (χ0) is 29.0. The van der Waals surface area contributed by atoms with E-state index in [4.69, 9.17) is 9.72 Å². The topological polar surface area (TPSA) is 104 Å². The number of carbonyl (C=O) groups is 1. The number of nitrogens with zero attached hydrogens (tertiary/aromatic N) is 7. The van der Waals surface area contributed by atoms with Gasteiger partial charge in [-0.3, -0.25) is 4.79 Å². The normalized spacial score (nSPS) is 16.4. The maximum atomic E-state index is 12.8. The van der Waals surface area contributed by atoms with Crippen LogP contribution in [0.2, 0.25) is 0 Å². The standard InChI is InChI=1S/C26H32F3N7O4/c1-5-23(37)34-10-12-35(13-11-34)24-19-8-9-36(16-21(19)30-25(31-24)39-17(2)15-33(3)4)22-14-18(40-26(27,28)29)6-7-20(22)32-38/h5-7,14,17H,1,8-13,15-16H2,2-4H3/t17-/m1/s1. The number of benzene rings is 1. The van der Waals surface area contributed by atoms with Crippen molar-refractivity contribution in [2.75, 3.05) is 63.2 Å². The minimum Gasteiger partial charge on any atom is -0.459 e. The van der Waals surface area contributed by atoms with E-state index in [1.165, 1.54) is 12.1 Å². The molecule has 1 aromatic heterocycles. The molecule has 2 aliphatic rings. The van der Waals surface area contributed by atoms with E-state index >= 15 is 0 Å². The lowest BCUT2D eigenvalue weighted by atomic mass is 10.0. The molecule has 1 fully saturated rings. The number of rotatable bonds is 9. The van der Waals surface area contributed by atoms with Crippen molar-refractivity contribution in [1.82, 2.24) is 19.8 Å². The summed E-state index contributed by atoms with van der Waals surface area (Å²) in [5, 5.41) is 3.01. The van der Waals surface area contributed by atoms with E-state index in [1.807, 2.05) is 25.9 Å². The smallest absolute Gasteiger partial charge is 0.459 e. The second-order valence-corrected chi connectivity index (χ2v) is 9.92. The molecule has 11 nitrogen and oxygen atoms in total. The van der Waals surface area contributed by atoms with Gasteiger partial charge in [0.15, 0.2) is 0 Å². The van der Waals surface area contributed by atoms with Gasteiger partial charge < -0.3 is 29.1 Å². The third-order valence-electron chi connectivity index (χ3n) is 6.64. The van der Waals surface area contributed by atoms with Gasteiger partial charge in [0, 0.05) is 50.9 Å². The Morgan fingerprint density at radius 1 is 1.18 bits per heavy atom. The SMILES string of the molecule is C=CC(=O)N1CCN(c2nc(O[C@H](C)CN(C)C)nc3c2CCN(c2cc(OC(F)(F)F)ccc2N=O)C3)CC1. The number of likely N-dealkylation sites (N-methyl/N-ethyl adjacent to an activating group) is 1. The van der Waals surface area contributed by atoms with Gasteiger partial charge in [-0.15, -0.1) is 18.1 Å². The van der Waals surface area contributed by atoms with Crippen LogP contribution in [0.3, 0.4) is 0 Å². The summed E-state index contributed by atoms with van der Waals surface area (Å²) in [5.74, 6) is 0.126. The summed E-state index contributed by atoms with van der Waals surface area (Å²) in [5.41, 5.74) is 1.72. The van der Waals surface area contributed by atoms with Crippen molar-refractivity contribution in [3.63, 3.8) is 0 Å². The molecule has 14 heteroatoms. The van der Waals surface area contributed by atoms with E-state index in [0.717, 1.165) is 17.7 Å². The van der Waals surface area contributed by atoms with Crippen molar-refractivity contribution in [3.8, 4) is 11.8 Å². The highest BCUT2D eigenvalue weighted by Crippen LogP contribution is 2.38. The Bertz CT molecular complexity index is 1250. The summed E-state index contributed by atoms with van der Waals surface area (Å²) in [6.45, 7) is 8.77. The fraction of sp³-hybridized carbons (Fsp3) is 0.500. The van der Waals surface area contributed by atoms with Crippen LogP contribution in [0.1, 0.15) is 18.2 Å². The maximum Gasteiger partial charge on any atom is 0.573 e. The van der Waals surface area contributed by atoms with Gasteiger partial charge in [-0.2, -0.15) is 9.97 Å². The minimum absolute atomic E-state index is 0.00802. The Morgan fingerprint density at radius 3 is 2.52 bits per heavy atom. The molecule has 40 heavy (non-hydrogen) atoms. The lowest BCUT2D eigenvalue weighted by Crippen LogP contribution is -2.49. The van der Waals surface area contributed by atoms with Gasteiger partial charge in [-0.05, 0) is 50.8 Å². The number of fused-ring (bicyclic) bond motifs is 1. The predicted octanol–water partition coefficient (Wildman–Crippen LogP) is 3.50. The Morgan fingerprint density at radius 2 is 1.90 bits per heavy atom. The molecule has 1 amide bonds. The molecule has 0 radical (unpaired) electrons. The Balaban J connectivity index is 1.66. The minimum atomic E-state index is -4.88. The Labute approximate surface area is 230 Å². The highest BCUT2D eigenvalue weighted by molar-refractivity contribution is 5.87. The average Bonchev–Trinajstić information content (AvgIpc) is 2.90. The molecular formula is C26H32F3N7O4. The zero-order valence-corrected chi connectivity index (χ0v) is 22.6. The molecule has 0 N–H and O–H groups in total. The van der Waals surface area contributed by atoms with Crippen molar-refractivity contribution in [3.05, 3.63) is 47.0 Å². The van der Waals surface area contributed by atoms with Gasteiger partial charge in [-0.1, -0.05) is 6.58 Å². The molecule has 2 aromatic rings. The number of carbonyl (C=O) groups excluding carboxylic acids is 1. The van der Waals surface area contributed by atoms with Crippen LogP contribution >= 0.6 is 0 Å². The number of nitroso groups, excluding NO2 is 1. The molecule has 1 atom stereocenters. The molecule has 0 spiro atoms. The first kappa shape index (κ1) is 29.1. The van der Waals surface area contributed by atoms with Gasteiger partial charge >= 0.3 is 12.4 Å². The molecule has 1 aromatic carbocycles. The second kappa shape index (κ2) is 12.1. The molecule has 3 heterocycles. The first-order valence-corrected chi connectivity index (χ1v) is 12.8.